The highest BCUT2D eigenvalue weighted by Crippen LogP contribution is 2.34. The largest absolute Gasteiger partial charge is 0.326 e. The van der Waals surface area contributed by atoms with Crippen LogP contribution < -0.4 is 10.6 Å². The van der Waals surface area contributed by atoms with Crippen molar-refractivity contribution in [1.82, 2.24) is 0 Å². The minimum Gasteiger partial charge on any atom is -0.326 e. The zero-order chi connectivity index (χ0) is 12.7. The summed E-state index contributed by atoms with van der Waals surface area (Å²) in [5.41, 5.74) is 6.70. The zero-order valence-corrected chi connectivity index (χ0v) is 10.5. The Morgan fingerprint density at radius 2 is 1.94 bits per heavy atom. The zero-order valence-electron chi connectivity index (χ0n) is 9.77. The van der Waals surface area contributed by atoms with Crippen molar-refractivity contribution in [1.29, 1.82) is 0 Å². The molecule has 2 aromatic carbocycles. The molecule has 0 aromatic heterocycles. The first-order chi connectivity index (χ1) is 8.66. The topological polar surface area (TPSA) is 46.3 Å². The number of carbonyl (C=O) groups is 1. The van der Waals surface area contributed by atoms with E-state index >= 15 is 0 Å². The summed E-state index contributed by atoms with van der Waals surface area (Å²) in [7, 11) is 0. The molecule has 2 aromatic rings. The van der Waals surface area contributed by atoms with Gasteiger partial charge in [-0.25, -0.2) is 0 Å². The van der Waals surface area contributed by atoms with Crippen molar-refractivity contribution < 1.29 is 4.79 Å². The third-order valence-corrected chi connectivity index (χ3v) is 3.59. The smallest absolute Gasteiger partial charge is 0.228 e. The normalized spacial score (nSPS) is 19.8. The summed E-state index contributed by atoms with van der Waals surface area (Å²) in [6, 6.07) is 11.5. The Balaban J connectivity index is 2.20. The van der Waals surface area contributed by atoms with Crippen LogP contribution in [0.25, 0.3) is 10.8 Å². The van der Waals surface area contributed by atoms with Gasteiger partial charge < -0.3 is 10.6 Å². The molecule has 0 radical (unpaired) electrons. The lowest BCUT2D eigenvalue weighted by Gasteiger charge is -2.19. The molecule has 1 heterocycles. The number of carbonyl (C=O) groups excluding carboxylic acids is 1. The third kappa shape index (κ3) is 1.76. The fourth-order valence-electron chi connectivity index (χ4n) is 2.47. The second kappa shape index (κ2) is 4.26. The van der Waals surface area contributed by atoms with E-state index in [1.165, 1.54) is 0 Å². The lowest BCUT2D eigenvalue weighted by Crippen LogP contribution is -2.28. The summed E-state index contributed by atoms with van der Waals surface area (Å²) in [6.45, 7) is 0.559. The lowest BCUT2D eigenvalue weighted by atomic mass is 10.1. The molecule has 0 spiro atoms. The van der Waals surface area contributed by atoms with Crippen molar-refractivity contribution in [2.75, 3.05) is 11.4 Å². The van der Waals surface area contributed by atoms with Crippen LogP contribution in [0, 0.1) is 0 Å². The Hall–Kier alpha value is -1.58. The maximum atomic E-state index is 11.9. The van der Waals surface area contributed by atoms with Gasteiger partial charge in [0.15, 0.2) is 0 Å². The van der Waals surface area contributed by atoms with Crippen LogP contribution in [0.5, 0.6) is 0 Å². The van der Waals surface area contributed by atoms with Gasteiger partial charge in [-0.05, 0) is 17.5 Å². The van der Waals surface area contributed by atoms with Gasteiger partial charge in [-0.1, -0.05) is 35.9 Å². The van der Waals surface area contributed by atoms with E-state index in [9.17, 15) is 4.79 Å². The minimum absolute atomic E-state index is 0.0647. The Morgan fingerprint density at radius 1 is 1.22 bits per heavy atom. The summed E-state index contributed by atoms with van der Waals surface area (Å²) < 4.78 is 0. The van der Waals surface area contributed by atoms with Crippen molar-refractivity contribution in [3.05, 3.63) is 41.4 Å². The Labute approximate surface area is 110 Å². The first-order valence-corrected chi connectivity index (χ1v) is 6.28. The average Bonchev–Trinajstić information content (AvgIpc) is 2.68. The molecule has 0 saturated carbocycles. The summed E-state index contributed by atoms with van der Waals surface area (Å²) >= 11 is 6.26. The molecule has 2 N–H and O–H groups in total. The number of halogens is 1. The third-order valence-electron chi connectivity index (χ3n) is 3.28. The number of anilines is 1. The molecule has 4 heteroatoms. The molecule has 3 rings (SSSR count). The Bertz CT molecular complexity index is 621. The van der Waals surface area contributed by atoms with Crippen LogP contribution in [0.1, 0.15) is 6.42 Å². The number of rotatable bonds is 1. The van der Waals surface area contributed by atoms with Gasteiger partial charge in [0.05, 0.1) is 10.7 Å². The van der Waals surface area contributed by atoms with Crippen LogP contribution in [0.15, 0.2) is 36.4 Å². The van der Waals surface area contributed by atoms with E-state index < -0.39 is 0 Å². The molecule has 1 aliphatic heterocycles. The van der Waals surface area contributed by atoms with E-state index in [1.54, 1.807) is 4.90 Å². The minimum atomic E-state index is -0.0877. The second-order valence-corrected chi connectivity index (χ2v) is 4.99. The monoisotopic (exact) mass is 260 g/mol. The van der Waals surface area contributed by atoms with Crippen molar-refractivity contribution in [2.24, 2.45) is 5.73 Å². The van der Waals surface area contributed by atoms with E-state index in [-0.39, 0.29) is 11.9 Å². The Morgan fingerprint density at radius 3 is 2.61 bits per heavy atom. The van der Waals surface area contributed by atoms with Gasteiger partial charge in [0, 0.05) is 24.4 Å². The van der Waals surface area contributed by atoms with Gasteiger partial charge in [-0.2, -0.15) is 0 Å². The molecule has 1 atom stereocenters. The molecule has 1 amide bonds. The van der Waals surface area contributed by atoms with Crippen LogP contribution in [-0.4, -0.2) is 18.5 Å². The molecule has 18 heavy (non-hydrogen) atoms. The SMILES string of the molecule is NC1CC(=O)N(c2cccc3cccc(Cl)c23)C1. The predicted octanol–water partition coefficient (Wildman–Crippen LogP) is 2.56. The van der Waals surface area contributed by atoms with Gasteiger partial charge in [-0.3, -0.25) is 4.79 Å². The van der Waals surface area contributed by atoms with Crippen molar-refractivity contribution in [2.45, 2.75) is 12.5 Å². The van der Waals surface area contributed by atoms with Crippen LogP contribution >= 0.6 is 11.6 Å². The van der Waals surface area contributed by atoms with Gasteiger partial charge in [0.25, 0.3) is 0 Å². The predicted molar refractivity (Wildman–Crippen MR) is 73.9 cm³/mol. The molecule has 1 fully saturated rings. The van der Waals surface area contributed by atoms with E-state index in [0.717, 1.165) is 16.5 Å². The summed E-state index contributed by atoms with van der Waals surface area (Å²) in [4.78, 5) is 13.7. The molecule has 1 unspecified atom stereocenters. The number of hydrogen-bond donors (Lipinski definition) is 1. The van der Waals surface area contributed by atoms with Gasteiger partial charge in [0.2, 0.25) is 5.91 Å². The van der Waals surface area contributed by atoms with Crippen LogP contribution in [0.4, 0.5) is 5.69 Å². The molecule has 3 nitrogen and oxygen atoms in total. The van der Waals surface area contributed by atoms with Crippen molar-refractivity contribution in [3.63, 3.8) is 0 Å². The fraction of sp³-hybridized carbons (Fsp3) is 0.214. The van der Waals surface area contributed by atoms with Crippen molar-refractivity contribution in [3.8, 4) is 0 Å². The fourth-order valence-corrected chi connectivity index (χ4v) is 2.75. The number of nitrogens with zero attached hydrogens (tertiary/aromatic N) is 1. The van der Waals surface area contributed by atoms with Gasteiger partial charge in [-0.15, -0.1) is 0 Å². The molecule has 1 saturated heterocycles. The van der Waals surface area contributed by atoms with Crippen LogP contribution in [-0.2, 0) is 4.79 Å². The number of hydrogen-bond acceptors (Lipinski definition) is 2. The van der Waals surface area contributed by atoms with Crippen LogP contribution in [0.2, 0.25) is 5.02 Å². The molecular weight excluding hydrogens is 248 g/mol. The summed E-state index contributed by atoms with van der Waals surface area (Å²) in [5.74, 6) is 0.0647. The van der Waals surface area contributed by atoms with Gasteiger partial charge >= 0.3 is 0 Å². The summed E-state index contributed by atoms with van der Waals surface area (Å²) in [6.07, 6.45) is 0.404. The summed E-state index contributed by atoms with van der Waals surface area (Å²) in [5, 5.41) is 2.62. The molecule has 0 aliphatic carbocycles. The Kier molecular flexibility index (Phi) is 2.73. The average molecular weight is 261 g/mol. The lowest BCUT2D eigenvalue weighted by molar-refractivity contribution is -0.117. The van der Waals surface area contributed by atoms with E-state index in [4.69, 9.17) is 17.3 Å². The highest BCUT2D eigenvalue weighted by molar-refractivity contribution is 6.37. The van der Waals surface area contributed by atoms with Crippen LogP contribution in [0.3, 0.4) is 0 Å². The molecule has 0 bridgehead atoms. The number of nitrogens with two attached hydrogens (primary N) is 1. The number of fused-ring (bicyclic) bond motifs is 1. The number of benzene rings is 2. The molecular formula is C14H13ClN2O. The van der Waals surface area contributed by atoms with E-state index in [0.29, 0.717) is 18.0 Å². The molecule has 92 valence electrons. The second-order valence-electron chi connectivity index (χ2n) is 4.58. The standard InChI is InChI=1S/C14H13ClN2O/c15-11-5-1-3-9-4-2-6-12(14(9)11)17-8-10(16)7-13(17)18/h1-6,10H,7-8,16H2. The van der Waals surface area contributed by atoms with E-state index in [2.05, 4.69) is 0 Å². The van der Waals surface area contributed by atoms with E-state index in [1.807, 2.05) is 36.4 Å². The van der Waals surface area contributed by atoms with Crippen molar-refractivity contribution >= 4 is 34.0 Å². The highest BCUT2D eigenvalue weighted by atomic mass is 35.5. The highest BCUT2D eigenvalue weighted by Gasteiger charge is 2.29. The maximum absolute atomic E-state index is 11.9. The maximum Gasteiger partial charge on any atom is 0.228 e. The first-order valence-electron chi connectivity index (χ1n) is 5.90. The van der Waals surface area contributed by atoms with Gasteiger partial charge in [0.1, 0.15) is 0 Å². The number of amides is 1. The quantitative estimate of drug-likeness (QED) is 0.857. The first kappa shape index (κ1) is 11.5. The molecule has 1 aliphatic rings.